The molecule has 1 aromatic heterocycles. The first-order chi connectivity index (χ1) is 9.19. The number of hydrazine groups is 1. The fourth-order valence-electron chi connectivity index (χ4n) is 1.94. The zero-order valence-corrected chi connectivity index (χ0v) is 10.9. The summed E-state index contributed by atoms with van der Waals surface area (Å²) in [6, 6.07) is 8.04. The van der Waals surface area contributed by atoms with Crippen LogP contribution >= 0.6 is 0 Å². The zero-order chi connectivity index (χ0) is 13.8. The van der Waals surface area contributed by atoms with Crippen LogP contribution in [0, 0.1) is 5.82 Å². The fraction of sp³-hybridized carbons (Fsp3) is 0.286. The molecule has 1 aromatic carbocycles. The van der Waals surface area contributed by atoms with Gasteiger partial charge in [-0.3, -0.25) is 5.84 Å². The first kappa shape index (κ1) is 13.6. The molecule has 0 spiro atoms. The van der Waals surface area contributed by atoms with Crippen molar-refractivity contribution in [1.82, 2.24) is 5.43 Å². The third-order valence-corrected chi connectivity index (χ3v) is 2.99. The number of benzene rings is 1. The smallest absolute Gasteiger partial charge is 0.165 e. The van der Waals surface area contributed by atoms with Crippen molar-refractivity contribution < 1.29 is 13.5 Å². The van der Waals surface area contributed by atoms with Crippen LogP contribution < -0.4 is 16.0 Å². The van der Waals surface area contributed by atoms with Gasteiger partial charge >= 0.3 is 0 Å². The van der Waals surface area contributed by atoms with E-state index in [0.717, 1.165) is 12.2 Å². The van der Waals surface area contributed by atoms with E-state index in [1.165, 1.54) is 13.2 Å². The van der Waals surface area contributed by atoms with Gasteiger partial charge in [-0.05, 0) is 29.8 Å². The summed E-state index contributed by atoms with van der Waals surface area (Å²) in [5.74, 6) is 6.84. The van der Waals surface area contributed by atoms with Gasteiger partial charge < -0.3 is 9.15 Å². The Balaban J connectivity index is 2.33. The van der Waals surface area contributed by atoms with Gasteiger partial charge in [0.15, 0.2) is 11.6 Å². The van der Waals surface area contributed by atoms with Crippen molar-refractivity contribution in [2.45, 2.75) is 19.4 Å². The number of nitrogens with one attached hydrogen (secondary N) is 1. The molecule has 4 nitrogen and oxygen atoms in total. The predicted molar refractivity (Wildman–Crippen MR) is 70.2 cm³/mol. The third-order valence-electron chi connectivity index (χ3n) is 2.99. The number of ether oxygens (including phenoxy) is 1. The van der Waals surface area contributed by atoms with Crippen LogP contribution in [0.25, 0.3) is 0 Å². The molecule has 0 aliphatic heterocycles. The van der Waals surface area contributed by atoms with Crippen LogP contribution in [-0.2, 0) is 6.42 Å². The van der Waals surface area contributed by atoms with E-state index in [4.69, 9.17) is 15.0 Å². The molecule has 2 aromatic rings. The molecular weight excluding hydrogens is 247 g/mol. The molecule has 0 radical (unpaired) electrons. The molecule has 19 heavy (non-hydrogen) atoms. The van der Waals surface area contributed by atoms with E-state index in [2.05, 4.69) is 5.43 Å². The molecule has 0 amide bonds. The van der Waals surface area contributed by atoms with Crippen LogP contribution in [0.2, 0.25) is 0 Å². The van der Waals surface area contributed by atoms with Gasteiger partial charge in [-0.15, -0.1) is 0 Å². The van der Waals surface area contributed by atoms with E-state index in [-0.39, 0.29) is 11.8 Å². The number of aryl methyl sites for hydroxylation is 1. The first-order valence-corrected chi connectivity index (χ1v) is 6.07. The molecule has 0 bridgehead atoms. The standard InChI is InChI=1S/C14H17FN2O2/c1-3-10-5-7-13(19-10)14(17-16)9-4-6-12(18-2)11(15)8-9/h4-8,14,17H,3,16H2,1-2H3. The summed E-state index contributed by atoms with van der Waals surface area (Å²) in [5, 5.41) is 0. The maximum absolute atomic E-state index is 13.7. The molecule has 5 heteroatoms. The van der Waals surface area contributed by atoms with Gasteiger partial charge in [0.1, 0.15) is 17.6 Å². The quantitative estimate of drug-likeness (QED) is 0.643. The highest BCUT2D eigenvalue weighted by Crippen LogP contribution is 2.27. The highest BCUT2D eigenvalue weighted by atomic mass is 19.1. The summed E-state index contributed by atoms with van der Waals surface area (Å²) in [6.07, 6.45) is 0.800. The zero-order valence-electron chi connectivity index (χ0n) is 10.9. The molecule has 0 saturated heterocycles. The van der Waals surface area contributed by atoms with Gasteiger partial charge in [0.25, 0.3) is 0 Å². The van der Waals surface area contributed by atoms with Crippen molar-refractivity contribution in [2.24, 2.45) is 5.84 Å². The number of methoxy groups -OCH3 is 1. The van der Waals surface area contributed by atoms with Crippen LogP contribution in [-0.4, -0.2) is 7.11 Å². The largest absolute Gasteiger partial charge is 0.494 e. The maximum atomic E-state index is 13.7. The average Bonchev–Trinajstić information content (AvgIpc) is 2.88. The Morgan fingerprint density at radius 1 is 1.37 bits per heavy atom. The monoisotopic (exact) mass is 264 g/mol. The van der Waals surface area contributed by atoms with Crippen LogP contribution in [0.4, 0.5) is 4.39 Å². The topological polar surface area (TPSA) is 60.4 Å². The third kappa shape index (κ3) is 2.77. The second kappa shape index (κ2) is 5.86. The minimum atomic E-state index is -0.428. The van der Waals surface area contributed by atoms with Gasteiger partial charge in [-0.25, -0.2) is 9.82 Å². The summed E-state index contributed by atoms with van der Waals surface area (Å²) in [5.41, 5.74) is 3.31. The minimum Gasteiger partial charge on any atom is -0.494 e. The van der Waals surface area contributed by atoms with Gasteiger partial charge in [0.05, 0.1) is 7.11 Å². The van der Waals surface area contributed by atoms with Crippen LogP contribution in [0.15, 0.2) is 34.7 Å². The Kier molecular flexibility index (Phi) is 4.19. The highest BCUT2D eigenvalue weighted by Gasteiger charge is 2.18. The molecule has 3 N–H and O–H groups in total. The Bertz CT molecular complexity index is 554. The van der Waals surface area contributed by atoms with Gasteiger partial charge in [-0.2, -0.15) is 0 Å². The molecule has 2 rings (SSSR count). The van der Waals surface area contributed by atoms with Crippen LogP contribution in [0.5, 0.6) is 5.75 Å². The van der Waals surface area contributed by atoms with E-state index in [0.29, 0.717) is 11.3 Å². The molecule has 1 unspecified atom stereocenters. The Morgan fingerprint density at radius 3 is 2.68 bits per heavy atom. The van der Waals surface area contributed by atoms with Crippen LogP contribution in [0.3, 0.4) is 0 Å². The van der Waals surface area contributed by atoms with Crippen molar-refractivity contribution >= 4 is 0 Å². The summed E-state index contributed by atoms with van der Waals surface area (Å²) in [7, 11) is 1.43. The Morgan fingerprint density at radius 2 is 2.16 bits per heavy atom. The Labute approximate surface area is 111 Å². The minimum absolute atomic E-state index is 0.202. The number of furan rings is 1. The number of hydrogen-bond acceptors (Lipinski definition) is 4. The molecule has 1 heterocycles. The lowest BCUT2D eigenvalue weighted by Gasteiger charge is -2.14. The van der Waals surface area contributed by atoms with E-state index in [1.807, 2.05) is 19.1 Å². The van der Waals surface area contributed by atoms with Gasteiger partial charge in [0.2, 0.25) is 0 Å². The summed E-state index contributed by atoms with van der Waals surface area (Å²) < 4.78 is 24.2. The van der Waals surface area contributed by atoms with Gasteiger partial charge in [-0.1, -0.05) is 13.0 Å². The van der Waals surface area contributed by atoms with Crippen molar-refractivity contribution in [3.63, 3.8) is 0 Å². The molecular formula is C14H17FN2O2. The summed E-state index contributed by atoms with van der Waals surface area (Å²) in [4.78, 5) is 0. The second-order valence-electron chi connectivity index (χ2n) is 4.15. The fourth-order valence-corrected chi connectivity index (χ4v) is 1.94. The van der Waals surface area contributed by atoms with E-state index >= 15 is 0 Å². The molecule has 1 atom stereocenters. The number of rotatable bonds is 5. The SMILES string of the molecule is CCc1ccc(C(NN)c2ccc(OC)c(F)c2)o1. The van der Waals surface area contributed by atoms with Crippen molar-refractivity contribution in [3.8, 4) is 5.75 Å². The van der Waals surface area contributed by atoms with E-state index in [9.17, 15) is 4.39 Å². The van der Waals surface area contributed by atoms with Crippen molar-refractivity contribution in [1.29, 1.82) is 0 Å². The summed E-state index contributed by atoms with van der Waals surface area (Å²) >= 11 is 0. The normalized spacial score (nSPS) is 12.4. The Hall–Kier alpha value is -1.85. The molecule has 0 saturated carbocycles. The summed E-state index contributed by atoms with van der Waals surface area (Å²) in [6.45, 7) is 2.00. The van der Waals surface area contributed by atoms with E-state index < -0.39 is 5.82 Å². The number of nitrogens with two attached hydrogens (primary N) is 1. The molecule has 0 aliphatic rings. The second-order valence-corrected chi connectivity index (χ2v) is 4.15. The van der Waals surface area contributed by atoms with Crippen molar-refractivity contribution in [3.05, 3.63) is 53.2 Å². The maximum Gasteiger partial charge on any atom is 0.165 e. The highest BCUT2D eigenvalue weighted by molar-refractivity contribution is 5.34. The lowest BCUT2D eigenvalue weighted by Crippen LogP contribution is -2.28. The van der Waals surface area contributed by atoms with E-state index in [1.54, 1.807) is 12.1 Å². The molecule has 0 aliphatic carbocycles. The van der Waals surface area contributed by atoms with Gasteiger partial charge in [0, 0.05) is 6.42 Å². The van der Waals surface area contributed by atoms with Crippen molar-refractivity contribution in [2.75, 3.05) is 7.11 Å². The first-order valence-electron chi connectivity index (χ1n) is 6.07. The molecule has 0 fully saturated rings. The molecule has 102 valence electrons. The predicted octanol–water partition coefficient (Wildman–Crippen LogP) is 2.54. The average molecular weight is 264 g/mol. The lowest BCUT2D eigenvalue weighted by atomic mass is 10.0. The number of halogens is 1. The number of hydrogen-bond donors (Lipinski definition) is 2. The van der Waals surface area contributed by atoms with Crippen LogP contribution in [0.1, 0.15) is 30.0 Å². The lowest BCUT2D eigenvalue weighted by molar-refractivity contribution is 0.384.